The van der Waals surface area contributed by atoms with Crippen molar-refractivity contribution >= 4 is 38.2 Å². The number of rotatable bonds is 1. The van der Waals surface area contributed by atoms with Crippen LogP contribution in [-0.4, -0.2) is 29.1 Å². The quantitative estimate of drug-likeness (QED) is 0.465. The van der Waals surface area contributed by atoms with Gasteiger partial charge in [0.15, 0.2) is 5.13 Å². The van der Waals surface area contributed by atoms with Gasteiger partial charge in [-0.2, -0.15) is 14.6 Å². The predicted molar refractivity (Wildman–Crippen MR) is 96.5 cm³/mol. The van der Waals surface area contributed by atoms with Crippen molar-refractivity contribution in [3.8, 4) is 5.13 Å². The number of hydrogen-bond donors (Lipinski definition) is 0. The fourth-order valence-electron chi connectivity index (χ4n) is 2.89. The molecule has 0 spiro atoms. The van der Waals surface area contributed by atoms with Gasteiger partial charge in [0, 0.05) is 12.4 Å². The van der Waals surface area contributed by atoms with Crippen LogP contribution in [0.25, 0.3) is 32.0 Å². The average molecular weight is 348 g/mol. The number of nitrogens with zero attached hydrogens (tertiary/aromatic N) is 6. The fraction of sp³-hybridized carbons (Fsp3) is 0.118. The molecule has 7 nitrogen and oxygen atoms in total. The van der Waals surface area contributed by atoms with Crippen LogP contribution in [0.15, 0.2) is 41.7 Å². The molecule has 25 heavy (non-hydrogen) atoms. The van der Waals surface area contributed by atoms with Crippen molar-refractivity contribution in [3.05, 3.63) is 58.4 Å². The largest absolute Gasteiger partial charge is 0.268 e. The summed E-state index contributed by atoms with van der Waals surface area (Å²) in [7, 11) is 0. The van der Waals surface area contributed by atoms with Crippen LogP contribution in [0.5, 0.6) is 0 Å². The lowest BCUT2D eigenvalue weighted by Gasteiger charge is -2.04. The molecule has 0 bridgehead atoms. The first-order valence-corrected chi connectivity index (χ1v) is 8.52. The number of hydrogen-bond acceptors (Lipinski definition) is 6. The summed E-state index contributed by atoms with van der Waals surface area (Å²) in [5, 5.41) is 5.25. The second-order valence-electron chi connectivity index (χ2n) is 5.92. The van der Waals surface area contributed by atoms with Crippen molar-refractivity contribution < 1.29 is 0 Å². The monoisotopic (exact) mass is 348 g/mol. The summed E-state index contributed by atoms with van der Waals surface area (Å²) in [6, 6.07) is 6.00. The normalized spacial score (nSPS) is 11.8. The van der Waals surface area contributed by atoms with Crippen LogP contribution in [-0.2, 0) is 0 Å². The second-order valence-corrected chi connectivity index (χ2v) is 6.93. The lowest BCUT2D eigenvalue weighted by Crippen LogP contribution is -2.18. The Kier molecular flexibility index (Phi) is 2.81. The molecule has 0 aliphatic carbocycles. The van der Waals surface area contributed by atoms with Crippen LogP contribution in [0.3, 0.4) is 0 Å². The van der Waals surface area contributed by atoms with Crippen LogP contribution in [0.2, 0.25) is 0 Å². The van der Waals surface area contributed by atoms with E-state index in [1.54, 1.807) is 21.5 Å². The van der Waals surface area contributed by atoms with E-state index in [0.717, 1.165) is 10.2 Å². The van der Waals surface area contributed by atoms with E-state index in [4.69, 9.17) is 0 Å². The van der Waals surface area contributed by atoms with E-state index in [-0.39, 0.29) is 5.56 Å². The number of aromatic nitrogens is 6. The van der Waals surface area contributed by atoms with Crippen molar-refractivity contribution in [3.63, 3.8) is 0 Å². The highest BCUT2D eigenvalue weighted by Gasteiger charge is 2.13. The number of thiazole rings is 1. The topological polar surface area (TPSA) is 78.0 Å². The molecule has 0 atom stereocenters. The van der Waals surface area contributed by atoms with Gasteiger partial charge in [-0.3, -0.25) is 9.36 Å². The maximum absolute atomic E-state index is 12.9. The Labute approximate surface area is 145 Å². The standard InChI is InChI=1S/C17H12N6OS/c1-9-5-12-14(6-10(9)2)25-17(21-12)22-4-3-13-11(15(22)24)7-18-16-19-8-20-23(13)16/h3-8H,1-2H3. The van der Waals surface area contributed by atoms with Crippen molar-refractivity contribution in [2.45, 2.75) is 13.8 Å². The number of aryl methyl sites for hydroxylation is 2. The fourth-order valence-corrected chi connectivity index (χ4v) is 3.91. The van der Waals surface area contributed by atoms with Gasteiger partial charge >= 0.3 is 0 Å². The van der Waals surface area contributed by atoms with Crippen LogP contribution < -0.4 is 5.56 Å². The summed E-state index contributed by atoms with van der Waals surface area (Å²) in [6.07, 6.45) is 4.69. The Balaban J connectivity index is 1.79. The van der Waals surface area contributed by atoms with E-state index >= 15 is 0 Å². The summed E-state index contributed by atoms with van der Waals surface area (Å²) in [5.74, 6) is 0.468. The Morgan fingerprint density at radius 2 is 1.96 bits per heavy atom. The Morgan fingerprint density at radius 1 is 1.12 bits per heavy atom. The summed E-state index contributed by atoms with van der Waals surface area (Å²) >= 11 is 1.50. The number of benzene rings is 1. The molecule has 0 unspecified atom stereocenters. The molecule has 0 saturated heterocycles. The minimum absolute atomic E-state index is 0.171. The molecule has 0 fully saturated rings. The van der Waals surface area contributed by atoms with E-state index in [9.17, 15) is 4.79 Å². The first kappa shape index (κ1) is 14.2. The highest BCUT2D eigenvalue weighted by Crippen LogP contribution is 2.27. The third-order valence-corrected chi connectivity index (χ3v) is 5.39. The van der Waals surface area contributed by atoms with Gasteiger partial charge in [-0.05, 0) is 43.2 Å². The summed E-state index contributed by atoms with van der Waals surface area (Å²) in [5.41, 5.74) is 3.81. The van der Waals surface area contributed by atoms with Crippen molar-refractivity contribution in [2.75, 3.05) is 0 Å². The Bertz CT molecular complexity index is 1310. The third-order valence-electron chi connectivity index (χ3n) is 4.37. The molecule has 0 aliphatic heterocycles. The van der Waals surface area contributed by atoms with Crippen LogP contribution >= 0.6 is 11.3 Å². The lowest BCUT2D eigenvalue weighted by molar-refractivity contribution is 0.953. The highest BCUT2D eigenvalue weighted by molar-refractivity contribution is 7.20. The molecule has 8 heteroatoms. The zero-order chi connectivity index (χ0) is 17.1. The Hall–Kier alpha value is -3.13. The second kappa shape index (κ2) is 4.93. The minimum Gasteiger partial charge on any atom is -0.268 e. The van der Waals surface area contributed by atoms with Gasteiger partial charge in [0.2, 0.25) is 0 Å². The molecule has 4 heterocycles. The van der Waals surface area contributed by atoms with E-state index in [1.165, 1.54) is 28.8 Å². The zero-order valence-electron chi connectivity index (χ0n) is 13.5. The van der Waals surface area contributed by atoms with E-state index in [0.29, 0.717) is 21.8 Å². The molecule has 122 valence electrons. The molecular weight excluding hydrogens is 336 g/mol. The molecule has 0 radical (unpaired) electrons. The van der Waals surface area contributed by atoms with E-state index < -0.39 is 0 Å². The Morgan fingerprint density at radius 3 is 2.84 bits per heavy atom. The SMILES string of the molecule is Cc1cc2nc(-n3ccc4c(cnc5ncnn54)c3=O)sc2cc1C. The van der Waals surface area contributed by atoms with Crippen LogP contribution in [0.4, 0.5) is 0 Å². The molecule has 0 saturated carbocycles. The lowest BCUT2D eigenvalue weighted by atomic mass is 10.1. The molecule has 0 N–H and O–H groups in total. The maximum Gasteiger partial charge on any atom is 0.267 e. The summed E-state index contributed by atoms with van der Waals surface area (Å²) < 4.78 is 4.18. The minimum atomic E-state index is -0.171. The average Bonchev–Trinajstić information content (AvgIpc) is 3.22. The zero-order valence-corrected chi connectivity index (χ0v) is 14.3. The van der Waals surface area contributed by atoms with Gasteiger partial charge in [-0.15, -0.1) is 0 Å². The molecule has 5 rings (SSSR count). The molecule has 5 aromatic rings. The van der Waals surface area contributed by atoms with Gasteiger partial charge < -0.3 is 0 Å². The summed E-state index contributed by atoms with van der Waals surface area (Å²) in [4.78, 5) is 25.8. The van der Waals surface area contributed by atoms with E-state index in [1.807, 2.05) is 6.07 Å². The van der Waals surface area contributed by atoms with Gasteiger partial charge in [-0.25, -0.2) is 9.97 Å². The number of pyridine rings is 1. The molecule has 4 aromatic heterocycles. The van der Waals surface area contributed by atoms with Gasteiger partial charge in [0.25, 0.3) is 11.3 Å². The molecule has 0 amide bonds. The highest BCUT2D eigenvalue weighted by atomic mass is 32.1. The van der Waals surface area contributed by atoms with Crippen molar-refractivity contribution in [1.29, 1.82) is 0 Å². The maximum atomic E-state index is 12.9. The molecule has 0 aliphatic rings. The predicted octanol–water partition coefficient (Wildman–Crippen LogP) is 2.65. The summed E-state index contributed by atoms with van der Waals surface area (Å²) in [6.45, 7) is 4.14. The number of fused-ring (bicyclic) bond motifs is 4. The van der Waals surface area contributed by atoms with E-state index in [2.05, 4.69) is 46.0 Å². The van der Waals surface area contributed by atoms with Gasteiger partial charge in [-0.1, -0.05) is 11.3 Å². The first-order chi connectivity index (χ1) is 12.1. The molecular formula is C17H12N6OS. The van der Waals surface area contributed by atoms with Gasteiger partial charge in [0.1, 0.15) is 6.33 Å². The molecule has 1 aromatic carbocycles. The van der Waals surface area contributed by atoms with Crippen molar-refractivity contribution in [2.24, 2.45) is 0 Å². The van der Waals surface area contributed by atoms with Crippen LogP contribution in [0, 0.1) is 13.8 Å². The third kappa shape index (κ3) is 2.01. The van der Waals surface area contributed by atoms with Crippen LogP contribution in [0.1, 0.15) is 11.1 Å². The van der Waals surface area contributed by atoms with Gasteiger partial charge in [0.05, 0.1) is 21.1 Å². The smallest absolute Gasteiger partial charge is 0.267 e. The van der Waals surface area contributed by atoms with Crippen molar-refractivity contribution in [1.82, 2.24) is 29.1 Å². The first-order valence-electron chi connectivity index (χ1n) is 7.70.